The van der Waals surface area contributed by atoms with E-state index in [2.05, 4.69) is 10.6 Å². The number of hydrogen-bond acceptors (Lipinski definition) is 6. The smallest absolute Gasteiger partial charge is 0.123 e. The first kappa shape index (κ1) is 20.7. The predicted octanol–water partition coefficient (Wildman–Crippen LogP) is 1.16. The summed E-state index contributed by atoms with van der Waals surface area (Å²) in [5.41, 5.74) is 0. The minimum absolute atomic E-state index is 0.212. The minimum atomic E-state index is -0.569. The molecule has 6 nitrogen and oxygen atoms in total. The average molecular weight is 340 g/mol. The largest absolute Gasteiger partial charge is 0.491 e. The van der Waals surface area contributed by atoms with Crippen LogP contribution in [-0.2, 0) is 0 Å². The summed E-state index contributed by atoms with van der Waals surface area (Å²) in [6, 6.07) is 7.85. The quantitative estimate of drug-likeness (QED) is 0.457. The highest BCUT2D eigenvalue weighted by Gasteiger charge is 2.08. The van der Waals surface area contributed by atoms with Gasteiger partial charge in [-0.2, -0.15) is 0 Å². The third-order valence-corrected chi connectivity index (χ3v) is 3.21. The fraction of sp³-hybridized carbons (Fsp3) is 0.667. The van der Waals surface area contributed by atoms with E-state index in [1.165, 1.54) is 0 Å². The van der Waals surface area contributed by atoms with Gasteiger partial charge in [0.1, 0.15) is 36.9 Å². The lowest BCUT2D eigenvalue weighted by molar-refractivity contribution is 0.101. The van der Waals surface area contributed by atoms with Crippen molar-refractivity contribution < 1.29 is 19.7 Å². The number of aliphatic hydroxyl groups excluding tert-OH is 2. The summed E-state index contributed by atoms with van der Waals surface area (Å²) < 4.78 is 11.2. The summed E-state index contributed by atoms with van der Waals surface area (Å²) >= 11 is 0. The highest BCUT2D eigenvalue weighted by atomic mass is 16.5. The van der Waals surface area contributed by atoms with Crippen molar-refractivity contribution in [3.63, 3.8) is 0 Å². The standard InChI is InChI=1S/C18H32N2O4/c1-13(2)19-9-15(21)11-23-17-6-5-7-18(8-17)24-12-16(22)10-20-14(3)4/h5-8,13-16,19-22H,9-12H2,1-4H3/t15-,16+. The van der Waals surface area contributed by atoms with Crippen molar-refractivity contribution in [2.24, 2.45) is 0 Å². The van der Waals surface area contributed by atoms with Gasteiger partial charge in [-0.15, -0.1) is 0 Å². The summed E-state index contributed by atoms with van der Waals surface area (Å²) in [5.74, 6) is 1.26. The molecule has 138 valence electrons. The summed E-state index contributed by atoms with van der Waals surface area (Å²) in [6.07, 6.45) is -1.14. The van der Waals surface area contributed by atoms with Gasteiger partial charge in [0.05, 0.1) is 0 Å². The maximum absolute atomic E-state index is 9.85. The number of ether oxygens (including phenoxy) is 2. The van der Waals surface area contributed by atoms with Gasteiger partial charge in [0.15, 0.2) is 0 Å². The van der Waals surface area contributed by atoms with Gasteiger partial charge in [-0.1, -0.05) is 33.8 Å². The van der Waals surface area contributed by atoms with Gasteiger partial charge in [-0.3, -0.25) is 0 Å². The molecule has 2 atom stereocenters. The monoisotopic (exact) mass is 340 g/mol. The number of rotatable bonds is 12. The normalized spacial score (nSPS) is 14.0. The Labute approximate surface area is 145 Å². The third kappa shape index (κ3) is 9.72. The third-order valence-electron chi connectivity index (χ3n) is 3.21. The van der Waals surface area contributed by atoms with E-state index in [1.807, 2.05) is 45.9 Å². The van der Waals surface area contributed by atoms with Crippen LogP contribution in [-0.4, -0.2) is 60.8 Å². The van der Waals surface area contributed by atoms with Gasteiger partial charge in [-0.25, -0.2) is 0 Å². The highest BCUT2D eigenvalue weighted by Crippen LogP contribution is 2.19. The molecule has 0 saturated carbocycles. The lowest BCUT2D eigenvalue weighted by Gasteiger charge is -2.16. The Balaban J connectivity index is 2.35. The second-order valence-corrected chi connectivity index (χ2v) is 6.53. The number of benzene rings is 1. The molecule has 0 spiro atoms. The molecule has 0 amide bonds. The SMILES string of the molecule is CC(C)NC[C@@H](O)COc1cccc(OC[C@@H](O)CNC(C)C)c1. The highest BCUT2D eigenvalue weighted by molar-refractivity contribution is 5.32. The fourth-order valence-corrected chi connectivity index (χ4v) is 1.90. The second kappa shape index (κ2) is 11.3. The van der Waals surface area contributed by atoms with Crippen molar-refractivity contribution in [2.45, 2.75) is 52.0 Å². The first-order valence-electron chi connectivity index (χ1n) is 8.55. The fourth-order valence-electron chi connectivity index (χ4n) is 1.90. The Hall–Kier alpha value is -1.34. The maximum atomic E-state index is 9.85. The zero-order valence-electron chi connectivity index (χ0n) is 15.2. The molecule has 1 aromatic rings. The van der Waals surface area contributed by atoms with E-state index in [1.54, 1.807) is 6.07 Å². The van der Waals surface area contributed by atoms with E-state index in [9.17, 15) is 10.2 Å². The molecule has 0 heterocycles. The average Bonchev–Trinajstić information content (AvgIpc) is 2.54. The lowest BCUT2D eigenvalue weighted by atomic mass is 10.3. The van der Waals surface area contributed by atoms with Crippen LogP contribution in [0.1, 0.15) is 27.7 Å². The van der Waals surface area contributed by atoms with Crippen molar-refractivity contribution in [3.05, 3.63) is 24.3 Å². The number of nitrogens with one attached hydrogen (secondary N) is 2. The van der Waals surface area contributed by atoms with Crippen LogP contribution < -0.4 is 20.1 Å². The molecular weight excluding hydrogens is 308 g/mol. The van der Waals surface area contributed by atoms with Crippen LogP contribution in [0.5, 0.6) is 11.5 Å². The van der Waals surface area contributed by atoms with Gasteiger partial charge >= 0.3 is 0 Å². The van der Waals surface area contributed by atoms with Crippen LogP contribution in [0.3, 0.4) is 0 Å². The first-order chi connectivity index (χ1) is 11.4. The van der Waals surface area contributed by atoms with E-state index in [4.69, 9.17) is 9.47 Å². The van der Waals surface area contributed by atoms with E-state index >= 15 is 0 Å². The molecule has 1 rings (SSSR count). The van der Waals surface area contributed by atoms with Crippen LogP contribution in [0.4, 0.5) is 0 Å². The lowest BCUT2D eigenvalue weighted by Crippen LogP contribution is -2.35. The summed E-state index contributed by atoms with van der Waals surface area (Å²) in [7, 11) is 0. The molecule has 24 heavy (non-hydrogen) atoms. The molecule has 0 aliphatic carbocycles. The van der Waals surface area contributed by atoms with E-state index in [0.29, 0.717) is 36.7 Å². The van der Waals surface area contributed by atoms with E-state index < -0.39 is 12.2 Å². The molecule has 1 aromatic carbocycles. The molecule has 4 N–H and O–H groups in total. The summed E-state index contributed by atoms with van der Waals surface area (Å²) in [5, 5.41) is 26.0. The van der Waals surface area contributed by atoms with Gasteiger partial charge < -0.3 is 30.3 Å². The van der Waals surface area contributed by atoms with Gasteiger partial charge in [0.2, 0.25) is 0 Å². The van der Waals surface area contributed by atoms with Crippen LogP contribution in [0.15, 0.2) is 24.3 Å². The van der Waals surface area contributed by atoms with Crippen LogP contribution in [0.25, 0.3) is 0 Å². The summed E-state index contributed by atoms with van der Waals surface area (Å²) in [4.78, 5) is 0. The molecule has 0 aromatic heterocycles. The Morgan fingerprint density at radius 2 is 1.25 bits per heavy atom. The van der Waals surface area contributed by atoms with Crippen LogP contribution in [0.2, 0.25) is 0 Å². The van der Waals surface area contributed by atoms with Crippen molar-refractivity contribution in [1.29, 1.82) is 0 Å². The molecule has 0 aliphatic rings. The molecule has 0 saturated heterocycles. The molecule has 0 aliphatic heterocycles. The Morgan fingerprint density at radius 3 is 1.62 bits per heavy atom. The molecule has 6 heteroatoms. The Kier molecular flexibility index (Phi) is 9.71. The predicted molar refractivity (Wildman–Crippen MR) is 95.7 cm³/mol. The molecular formula is C18H32N2O4. The zero-order valence-corrected chi connectivity index (χ0v) is 15.2. The summed E-state index contributed by atoms with van der Waals surface area (Å²) in [6.45, 7) is 9.51. The number of aliphatic hydroxyl groups is 2. The topological polar surface area (TPSA) is 83.0 Å². The van der Waals surface area contributed by atoms with Crippen LogP contribution in [0, 0.1) is 0 Å². The minimum Gasteiger partial charge on any atom is -0.491 e. The Bertz CT molecular complexity index is 417. The van der Waals surface area contributed by atoms with Gasteiger partial charge in [0.25, 0.3) is 0 Å². The van der Waals surface area contributed by atoms with Crippen molar-refractivity contribution >= 4 is 0 Å². The zero-order chi connectivity index (χ0) is 17.9. The van der Waals surface area contributed by atoms with Crippen LogP contribution >= 0.6 is 0 Å². The van der Waals surface area contributed by atoms with Gasteiger partial charge in [-0.05, 0) is 12.1 Å². The van der Waals surface area contributed by atoms with E-state index in [0.717, 1.165) is 0 Å². The van der Waals surface area contributed by atoms with Crippen molar-refractivity contribution in [1.82, 2.24) is 10.6 Å². The second-order valence-electron chi connectivity index (χ2n) is 6.53. The molecule has 0 bridgehead atoms. The first-order valence-corrected chi connectivity index (χ1v) is 8.55. The van der Waals surface area contributed by atoms with Crippen molar-refractivity contribution in [2.75, 3.05) is 26.3 Å². The Morgan fingerprint density at radius 1 is 0.833 bits per heavy atom. The molecule has 0 fully saturated rings. The maximum Gasteiger partial charge on any atom is 0.123 e. The van der Waals surface area contributed by atoms with Gasteiger partial charge in [0, 0.05) is 31.2 Å². The number of hydrogen-bond donors (Lipinski definition) is 4. The molecule has 0 radical (unpaired) electrons. The van der Waals surface area contributed by atoms with E-state index in [-0.39, 0.29) is 13.2 Å². The molecule has 0 unspecified atom stereocenters. The van der Waals surface area contributed by atoms with Crippen molar-refractivity contribution in [3.8, 4) is 11.5 Å².